The van der Waals surface area contributed by atoms with Gasteiger partial charge in [-0.1, -0.05) is 30.0 Å². The van der Waals surface area contributed by atoms with Gasteiger partial charge in [-0.3, -0.25) is 9.59 Å². The van der Waals surface area contributed by atoms with Gasteiger partial charge in [-0.2, -0.15) is 0 Å². The lowest BCUT2D eigenvalue weighted by molar-refractivity contribution is -0.117. The molecule has 28 heavy (non-hydrogen) atoms. The molecular weight excluding hydrogens is 396 g/mol. The molecule has 3 heterocycles. The Morgan fingerprint density at radius 3 is 3.00 bits per heavy atom. The Balaban J connectivity index is 1.50. The second-order valence-corrected chi connectivity index (χ2v) is 8.34. The van der Waals surface area contributed by atoms with Crippen LogP contribution in [0.1, 0.15) is 18.2 Å². The molecule has 1 atom stereocenters. The number of aromatic nitrogens is 4. The molecule has 0 saturated carbocycles. The van der Waals surface area contributed by atoms with Crippen LogP contribution in [-0.2, 0) is 16.1 Å². The molecule has 0 aliphatic carbocycles. The van der Waals surface area contributed by atoms with E-state index in [0.29, 0.717) is 23.1 Å². The summed E-state index contributed by atoms with van der Waals surface area (Å²) in [6.45, 7) is 2.45. The smallest absolute Gasteiger partial charge is 0.237 e. The first-order chi connectivity index (χ1) is 13.6. The Bertz CT molecular complexity index is 988. The van der Waals surface area contributed by atoms with E-state index < -0.39 is 0 Å². The number of carbonyl (C=O) groups is 2. The number of rotatable bonds is 5. The van der Waals surface area contributed by atoms with Crippen molar-refractivity contribution < 1.29 is 9.59 Å². The van der Waals surface area contributed by atoms with Gasteiger partial charge in [0, 0.05) is 17.3 Å². The maximum atomic E-state index is 13.0. The minimum atomic E-state index is -0.237. The van der Waals surface area contributed by atoms with E-state index in [1.807, 2.05) is 42.6 Å². The number of hydrogen-bond acceptors (Lipinski definition) is 7. The number of hydrogen-bond donors (Lipinski definition) is 1. The van der Waals surface area contributed by atoms with E-state index in [2.05, 4.69) is 20.8 Å². The van der Waals surface area contributed by atoms with E-state index in [1.165, 1.54) is 11.8 Å². The van der Waals surface area contributed by atoms with Gasteiger partial charge in [-0.15, -0.1) is 16.4 Å². The number of fused-ring (bicyclic) bond motifs is 1. The largest absolute Gasteiger partial charge is 0.324 e. The third kappa shape index (κ3) is 3.92. The first kappa shape index (κ1) is 18.6. The average molecular weight is 415 g/mol. The number of para-hydroxylation sites is 2. The molecule has 0 bridgehead atoms. The maximum absolute atomic E-state index is 13.0. The highest BCUT2D eigenvalue weighted by atomic mass is 32.2. The molecule has 0 radical (unpaired) electrons. The van der Waals surface area contributed by atoms with Crippen molar-refractivity contribution in [2.45, 2.75) is 31.1 Å². The van der Waals surface area contributed by atoms with Crippen LogP contribution in [0.15, 0.2) is 46.9 Å². The second kappa shape index (κ2) is 8.11. The fraction of sp³-hybridized carbons (Fsp3) is 0.278. The highest BCUT2D eigenvalue weighted by Gasteiger charge is 2.29. The van der Waals surface area contributed by atoms with Crippen molar-refractivity contribution in [2.75, 3.05) is 16.0 Å². The molecular formula is C18H18N6O2S2. The first-order valence-corrected chi connectivity index (χ1v) is 10.6. The van der Waals surface area contributed by atoms with Crippen LogP contribution in [0.2, 0.25) is 0 Å². The fourth-order valence-corrected chi connectivity index (χ4v) is 4.53. The number of tetrazole rings is 1. The number of nitrogens with zero attached hydrogens (tertiary/aromatic N) is 5. The van der Waals surface area contributed by atoms with Crippen molar-refractivity contribution in [3.8, 4) is 0 Å². The number of nitrogens with one attached hydrogen (secondary N) is 1. The lowest BCUT2D eigenvalue weighted by Gasteiger charge is -2.27. The van der Waals surface area contributed by atoms with Gasteiger partial charge in [-0.05, 0) is 40.9 Å². The molecule has 4 rings (SSSR count). The minimum absolute atomic E-state index is 0.0906. The molecule has 0 spiro atoms. The summed E-state index contributed by atoms with van der Waals surface area (Å²) in [6.07, 6.45) is 0.251. The van der Waals surface area contributed by atoms with Crippen LogP contribution < -0.4 is 10.2 Å². The van der Waals surface area contributed by atoms with Crippen molar-refractivity contribution in [2.24, 2.45) is 0 Å². The van der Waals surface area contributed by atoms with Gasteiger partial charge in [0.25, 0.3) is 0 Å². The fourth-order valence-electron chi connectivity index (χ4n) is 3.11. The van der Waals surface area contributed by atoms with Gasteiger partial charge in [0.15, 0.2) is 0 Å². The highest BCUT2D eigenvalue weighted by molar-refractivity contribution is 7.99. The number of carbonyl (C=O) groups excluding carboxylic acids is 2. The summed E-state index contributed by atoms with van der Waals surface area (Å²) < 4.78 is 1.69. The Labute approximate surface area is 169 Å². The summed E-state index contributed by atoms with van der Waals surface area (Å²) in [5.74, 6) is -0.00701. The van der Waals surface area contributed by atoms with E-state index in [0.717, 1.165) is 4.88 Å². The van der Waals surface area contributed by atoms with Crippen molar-refractivity contribution in [3.63, 3.8) is 0 Å². The van der Waals surface area contributed by atoms with Crippen LogP contribution in [0.5, 0.6) is 0 Å². The second-order valence-electron chi connectivity index (χ2n) is 6.37. The average Bonchev–Trinajstić information content (AvgIpc) is 3.31. The van der Waals surface area contributed by atoms with Gasteiger partial charge in [0.2, 0.25) is 17.0 Å². The van der Waals surface area contributed by atoms with Crippen LogP contribution in [0.25, 0.3) is 0 Å². The van der Waals surface area contributed by atoms with Crippen LogP contribution in [-0.4, -0.2) is 43.8 Å². The van der Waals surface area contributed by atoms with E-state index >= 15 is 0 Å². The van der Waals surface area contributed by atoms with E-state index in [-0.39, 0.29) is 30.0 Å². The number of benzene rings is 1. The van der Waals surface area contributed by atoms with Crippen LogP contribution in [0.3, 0.4) is 0 Å². The standard InChI is InChI=1S/C18H18N6O2S2/c1-12-9-16(25)19-14-6-2-3-7-15(14)24(12)17(26)11-28-18-20-21-22-23(18)10-13-5-4-8-27-13/h2-8,12H,9-11H2,1H3,(H,19,25)/t12-/m0/s1. The zero-order chi connectivity index (χ0) is 19.5. The Kier molecular flexibility index (Phi) is 5.40. The molecule has 0 fully saturated rings. The SMILES string of the molecule is C[C@H]1CC(=O)Nc2ccccc2N1C(=O)CSc1nnnn1Cc1cccs1. The Hall–Kier alpha value is -2.72. The topological polar surface area (TPSA) is 93.0 Å². The summed E-state index contributed by atoms with van der Waals surface area (Å²) >= 11 is 2.93. The molecule has 2 amide bonds. The van der Waals surface area contributed by atoms with Crippen LogP contribution in [0.4, 0.5) is 11.4 Å². The van der Waals surface area contributed by atoms with Crippen molar-refractivity contribution in [3.05, 3.63) is 46.7 Å². The third-order valence-electron chi connectivity index (χ3n) is 4.34. The highest BCUT2D eigenvalue weighted by Crippen LogP contribution is 2.32. The summed E-state index contributed by atoms with van der Waals surface area (Å²) in [5.41, 5.74) is 1.36. The van der Waals surface area contributed by atoms with Crippen molar-refractivity contribution >= 4 is 46.3 Å². The summed E-state index contributed by atoms with van der Waals surface area (Å²) in [4.78, 5) is 28.0. The molecule has 10 heteroatoms. The zero-order valence-electron chi connectivity index (χ0n) is 15.1. The lowest BCUT2D eigenvalue weighted by Crippen LogP contribution is -2.40. The number of thioether (sulfide) groups is 1. The lowest BCUT2D eigenvalue weighted by atomic mass is 10.2. The zero-order valence-corrected chi connectivity index (χ0v) is 16.7. The predicted octanol–water partition coefficient (Wildman–Crippen LogP) is 2.64. The van der Waals surface area contributed by atoms with Crippen molar-refractivity contribution in [1.29, 1.82) is 0 Å². The normalized spacial score (nSPS) is 16.4. The maximum Gasteiger partial charge on any atom is 0.237 e. The number of thiophene rings is 1. The van der Waals surface area contributed by atoms with Gasteiger partial charge < -0.3 is 10.2 Å². The quantitative estimate of drug-likeness (QED) is 0.645. The van der Waals surface area contributed by atoms with Crippen LogP contribution >= 0.6 is 23.1 Å². The van der Waals surface area contributed by atoms with Gasteiger partial charge >= 0.3 is 0 Å². The van der Waals surface area contributed by atoms with Gasteiger partial charge in [0.1, 0.15) is 0 Å². The minimum Gasteiger partial charge on any atom is -0.324 e. The molecule has 1 aliphatic rings. The molecule has 0 unspecified atom stereocenters. The first-order valence-electron chi connectivity index (χ1n) is 8.74. The van der Waals surface area contributed by atoms with Gasteiger partial charge in [-0.25, -0.2) is 4.68 Å². The summed E-state index contributed by atoms with van der Waals surface area (Å²) in [6, 6.07) is 11.1. The number of anilines is 2. The molecule has 1 N–H and O–H groups in total. The van der Waals surface area contributed by atoms with Gasteiger partial charge in [0.05, 0.1) is 23.7 Å². The number of amides is 2. The molecule has 2 aromatic heterocycles. The summed E-state index contributed by atoms with van der Waals surface area (Å²) in [7, 11) is 0. The molecule has 1 aromatic carbocycles. The molecule has 0 saturated heterocycles. The third-order valence-corrected chi connectivity index (χ3v) is 6.14. The monoisotopic (exact) mass is 414 g/mol. The summed E-state index contributed by atoms with van der Waals surface area (Å²) in [5, 5.41) is 17.3. The molecule has 144 valence electrons. The van der Waals surface area contributed by atoms with Crippen LogP contribution in [0, 0.1) is 0 Å². The van der Waals surface area contributed by atoms with E-state index in [9.17, 15) is 9.59 Å². The molecule has 8 nitrogen and oxygen atoms in total. The molecule has 3 aromatic rings. The van der Waals surface area contributed by atoms with E-state index in [4.69, 9.17) is 0 Å². The van der Waals surface area contributed by atoms with Crippen molar-refractivity contribution in [1.82, 2.24) is 20.2 Å². The Morgan fingerprint density at radius 2 is 2.18 bits per heavy atom. The van der Waals surface area contributed by atoms with E-state index in [1.54, 1.807) is 27.0 Å². The Morgan fingerprint density at radius 1 is 1.32 bits per heavy atom. The predicted molar refractivity (Wildman–Crippen MR) is 109 cm³/mol. The molecule has 1 aliphatic heterocycles.